The first kappa shape index (κ1) is 25.2. The first-order valence-corrected chi connectivity index (χ1v) is 12.8. The number of amides is 1. The van der Waals surface area contributed by atoms with Crippen LogP contribution in [0.2, 0.25) is 5.02 Å². The van der Waals surface area contributed by atoms with E-state index in [2.05, 4.69) is 4.72 Å². The van der Waals surface area contributed by atoms with Gasteiger partial charge in [0.1, 0.15) is 11.5 Å². The van der Waals surface area contributed by atoms with Gasteiger partial charge in [-0.3, -0.25) is 4.79 Å². The molecule has 0 saturated carbocycles. The Morgan fingerprint density at radius 3 is 2.66 bits per heavy atom. The predicted octanol–water partition coefficient (Wildman–Crippen LogP) is 3.26. The number of carbonyl (C=O) groups is 2. The van der Waals surface area contributed by atoms with Crippen molar-refractivity contribution in [3.05, 3.63) is 69.8 Å². The van der Waals surface area contributed by atoms with Gasteiger partial charge >= 0.3 is 5.97 Å². The maximum absolute atomic E-state index is 13.2. The zero-order chi connectivity index (χ0) is 25.2. The minimum atomic E-state index is -3.77. The van der Waals surface area contributed by atoms with Crippen LogP contribution in [0.1, 0.15) is 31.3 Å². The first-order valence-electron chi connectivity index (χ1n) is 11.0. The maximum atomic E-state index is 13.2. The highest BCUT2D eigenvalue weighted by molar-refractivity contribution is 7.89. The van der Waals surface area contributed by atoms with Crippen LogP contribution in [0.25, 0.3) is 6.08 Å². The Kier molecular flexibility index (Phi) is 7.46. The molecule has 1 aromatic heterocycles. The van der Waals surface area contributed by atoms with E-state index in [-0.39, 0.29) is 34.6 Å². The summed E-state index contributed by atoms with van der Waals surface area (Å²) in [6, 6.07) is 8.97. The standard InChI is InChI=1S/C24H25ClN2O7S/c1-15-22(24(29)32-2)21(23(28)27(15)14-19-4-3-11-33-19)12-17-7-8-18(34-17)13-26-35(30,31)20-9-5-16(25)6-10-20/h5-10,12,19,26H,3-4,11,13-14H2,1-2H3. The van der Waals surface area contributed by atoms with E-state index in [0.717, 1.165) is 12.8 Å². The number of methoxy groups -OCH3 is 1. The third-order valence-corrected chi connectivity index (χ3v) is 7.51. The molecule has 1 aromatic carbocycles. The fourth-order valence-electron chi connectivity index (χ4n) is 4.01. The van der Waals surface area contributed by atoms with Crippen LogP contribution in [0.15, 0.2) is 62.6 Å². The average molecular weight is 521 g/mol. The van der Waals surface area contributed by atoms with Crippen molar-refractivity contribution in [1.29, 1.82) is 0 Å². The van der Waals surface area contributed by atoms with Gasteiger partial charge in [-0.1, -0.05) is 11.6 Å². The van der Waals surface area contributed by atoms with Crippen LogP contribution >= 0.6 is 11.6 Å². The zero-order valence-corrected chi connectivity index (χ0v) is 20.8. The molecule has 0 spiro atoms. The van der Waals surface area contributed by atoms with Gasteiger partial charge in [0.25, 0.3) is 5.91 Å². The highest BCUT2D eigenvalue weighted by atomic mass is 35.5. The lowest BCUT2D eigenvalue weighted by Crippen LogP contribution is -2.33. The van der Waals surface area contributed by atoms with Crippen LogP contribution in [0, 0.1) is 0 Å². The first-order chi connectivity index (χ1) is 16.7. The second kappa shape index (κ2) is 10.4. The maximum Gasteiger partial charge on any atom is 0.340 e. The number of furan rings is 1. The Hall–Kier alpha value is -2.92. The Labute approximate surface area is 208 Å². The van der Waals surface area contributed by atoms with Gasteiger partial charge < -0.3 is 18.8 Å². The molecule has 11 heteroatoms. The van der Waals surface area contributed by atoms with Crippen LogP contribution in [-0.4, -0.2) is 51.6 Å². The Bertz CT molecular complexity index is 1290. The van der Waals surface area contributed by atoms with Crippen LogP contribution in [0.3, 0.4) is 0 Å². The van der Waals surface area contributed by atoms with Gasteiger partial charge in [0.05, 0.1) is 42.3 Å². The smallest absolute Gasteiger partial charge is 0.340 e. The highest BCUT2D eigenvalue weighted by Crippen LogP contribution is 2.33. The number of nitrogens with zero attached hydrogens (tertiary/aromatic N) is 1. The molecule has 1 amide bonds. The van der Waals surface area contributed by atoms with Gasteiger partial charge in [0.15, 0.2) is 0 Å². The summed E-state index contributed by atoms with van der Waals surface area (Å²) in [6.07, 6.45) is 3.15. The molecule has 0 radical (unpaired) electrons. The summed E-state index contributed by atoms with van der Waals surface area (Å²) in [5.41, 5.74) is 0.804. The van der Waals surface area contributed by atoms with Crippen molar-refractivity contribution in [2.24, 2.45) is 0 Å². The quantitative estimate of drug-likeness (QED) is 0.419. The van der Waals surface area contributed by atoms with Crippen molar-refractivity contribution >= 4 is 39.6 Å². The molecule has 2 aromatic rings. The molecule has 2 aliphatic rings. The van der Waals surface area contributed by atoms with E-state index in [1.165, 1.54) is 42.4 Å². The predicted molar refractivity (Wildman–Crippen MR) is 128 cm³/mol. The number of rotatable bonds is 8. The number of hydrogen-bond acceptors (Lipinski definition) is 7. The SMILES string of the molecule is COC(=O)C1=C(C)N(CC2CCCO2)C(=O)C1=Cc1ccc(CNS(=O)(=O)c2ccc(Cl)cc2)o1. The van der Waals surface area contributed by atoms with E-state index in [9.17, 15) is 18.0 Å². The summed E-state index contributed by atoms with van der Waals surface area (Å²) in [7, 11) is -2.52. The van der Waals surface area contributed by atoms with Gasteiger partial charge in [0.2, 0.25) is 10.0 Å². The van der Waals surface area contributed by atoms with Crippen LogP contribution in [0.5, 0.6) is 0 Å². The van der Waals surface area contributed by atoms with Crippen molar-refractivity contribution in [2.75, 3.05) is 20.3 Å². The molecule has 1 N–H and O–H groups in total. The van der Waals surface area contributed by atoms with Gasteiger partial charge in [0, 0.05) is 17.3 Å². The summed E-state index contributed by atoms with van der Waals surface area (Å²) in [6.45, 7) is 2.59. The van der Waals surface area contributed by atoms with Crippen molar-refractivity contribution in [2.45, 2.75) is 37.3 Å². The molecular formula is C24H25ClN2O7S. The fourth-order valence-corrected chi connectivity index (χ4v) is 5.13. The minimum absolute atomic E-state index is 0.0713. The van der Waals surface area contributed by atoms with Crippen molar-refractivity contribution in [3.8, 4) is 0 Å². The van der Waals surface area contributed by atoms with Crippen molar-refractivity contribution < 1.29 is 31.9 Å². The monoisotopic (exact) mass is 520 g/mol. The summed E-state index contributed by atoms with van der Waals surface area (Å²) >= 11 is 5.82. The molecule has 3 heterocycles. The number of halogens is 1. The number of carbonyl (C=O) groups excluding carboxylic acids is 2. The van der Waals surface area contributed by atoms with Gasteiger partial charge in [-0.2, -0.15) is 0 Å². The lowest BCUT2D eigenvalue weighted by molar-refractivity contribution is -0.136. The van der Waals surface area contributed by atoms with E-state index in [1.54, 1.807) is 19.1 Å². The summed E-state index contributed by atoms with van der Waals surface area (Å²) in [5, 5.41) is 0.430. The molecule has 1 atom stereocenters. The average Bonchev–Trinajstić information content (AvgIpc) is 3.56. The molecule has 0 bridgehead atoms. The molecule has 0 aliphatic carbocycles. The summed E-state index contributed by atoms with van der Waals surface area (Å²) < 4.78 is 43.7. The Morgan fingerprint density at radius 1 is 1.26 bits per heavy atom. The van der Waals surface area contributed by atoms with E-state index < -0.39 is 16.0 Å². The van der Waals surface area contributed by atoms with Crippen molar-refractivity contribution in [3.63, 3.8) is 0 Å². The van der Waals surface area contributed by atoms with Crippen molar-refractivity contribution in [1.82, 2.24) is 9.62 Å². The lowest BCUT2D eigenvalue weighted by Gasteiger charge is -2.21. The third-order valence-electron chi connectivity index (χ3n) is 5.84. The third kappa shape index (κ3) is 5.51. The highest BCUT2D eigenvalue weighted by Gasteiger charge is 2.38. The lowest BCUT2D eigenvalue weighted by atomic mass is 10.1. The number of nitrogens with one attached hydrogen (secondary N) is 1. The molecule has 186 valence electrons. The van der Waals surface area contributed by atoms with Crippen LogP contribution in [0.4, 0.5) is 0 Å². The van der Waals surface area contributed by atoms with Gasteiger partial charge in [-0.15, -0.1) is 0 Å². The minimum Gasteiger partial charge on any atom is -0.465 e. The fraction of sp³-hybridized carbons (Fsp3) is 0.333. The van der Waals surface area contributed by atoms with E-state index in [4.69, 9.17) is 25.5 Å². The summed E-state index contributed by atoms with van der Waals surface area (Å²) in [5.74, 6) is -0.349. The molecule has 35 heavy (non-hydrogen) atoms. The topological polar surface area (TPSA) is 115 Å². The normalized spacial score (nSPS) is 19.7. The number of allylic oxidation sites excluding steroid dienone is 1. The van der Waals surface area contributed by atoms with Gasteiger partial charge in [-0.25, -0.2) is 17.9 Å². The second-order valence-electron chi connectivity index (χ2n) is 8.14. The molecule has 4 rings (SSSR count). The Balaban J connectivity index is 1.52. The largest absolute Gasteiger partial charge is 0.465 e. The van der Waals surface area contributed by atoms with Gasteiger partial charge in [-0.05, 0) is 62.2 Å². The van der Waals surface area contributed by atoms with E-state index in [0.29, 0.717) is 35.4 Å². The molecular weight excluding hydrogens is 496 g/mol. The zero-order valence-electron chi connectivity index (χ0n) is 19.2. The number of sulfonamides is 1. The number of esters is 1. The second-order valence-corrected chi connectivity index (χ2v) is 10.3. The molecule has 1 fully saturated rings. The molecule has 1 saturated heterocycles. The number of hydrogen-bond donors (Lipinski definition) is 1. The van der Waals surface area contributed by atoms with E-state index in [1.807, 2.05) is 0 Å². The molecule has 9 nitrogen and oxygen atoms in total. The Morgan fingerprint density at radius 2 is 2.00 bits per heavy atom. The number of ether oxygens (including phenoxy) is 2. The number of benzene rings is 1. The van der Waals surface area contributed by atoms with Crippen LogP contribution < -0.4 is 4.72 Å². The van der Waals surface area contributed by atoms with Crippen LogP contribution in [-0.2, 0) is 35.6 Å². The molecule has 1 unspecified atom stereocenters. The molecule has 2 aliphatic heterocycles. The summed E-state index contributed by atoms with van der Waals surface area (Å²) in [4.78, 5) is 27.3. The van der Waals surface area contributed by atoms with E-state index >= 15 is 0 Å².